The number of hydrogen-bond donors (Lipinski definition) is 1. The van der Waals surface area contributed by atoms with E-state index in [9.17, 15) is 37.7 Å². The largest absolute Gasteiger partial charge is 0.465 e. The number of nitrogens with zero attached hydrogens (tertiary/aromatic N) is 3. The van der Waals surface area contributed by atoms with E-state index in [2.05, 4.69) is 17.2 Å². The molecule has 2 aromatic heterocycles. The highest BCUT2D eigenvalue weighted by Crippen LogP contribution is 2.40. The van der Waals surface area contributed by atoms with E-state index in [0.717, 1.165) is 34.6 Å². The Morgan fingerprint density at radius 3 is 2.55 bits per heavy atom. The van der Waals surface area contributed by atoms with Crippen molar-refractivity contribution in [2.75, 3.05) is 30.0 Å². The molecule has 1 N–H and O–H groups in total. The van der Waals surface area contributed by atoms with Crippen molar-refractivity contribution in [3.8, 4) is 0 Å². The molecular weight excluding hydrogens is 637 g/mol. The number of nitro benzene ring substituents is 1. The summed E-state index contributed by atoms with van der Waals surface area (Å²) in [5.74, 6) is -5.06. The highest BCUT2D eigenvalue weighted by atomic mass is 32.2. The number of benzene rings is 1. The number of fused-ring (bicyclic) bond motifs is 2. The monoisotopic (exact) mass is 666 g/mol. The van der Waals surface area contributed by atoms with Crippen LogP contribution in [0.2, 0.25) is 0 Å². The Kier molecular flexibility index (Phi) is 10.3. The van der Waals surface area contributed by atoms with Crippen LogP contribution in [0.25, 0.3) is 10.2 Å². The van der Waals surface area contributed by atoms with Crippen molar-refractivity contribution in [3.63, 3.8) is 0 Å². The molecule has 236 valence electrons. The third-order valence-electron chi connectivity index (χ3n) is 6.63. The van der Waals surface area contributed by atoms with E-state index in [1.54, 1.807) is 13.8 Å². The first-order valence-electron chi connectivity index (χ1n) is 13.6. The molecule has 1 aliphatic rings. The van der Waals surface area contributed by atoms with E-state index in [1.807, 2.05) is 0 Å². The number of ether oxygens (including phenoxy) is 2. The number of aromatic nitrogens is 1. The predicted octanol–water partition coefficient (Wildman–Crippen LogP) is 3.02. The minimum atomic E-state index is -4.32. The number of nitrogens with one attached hydrogen (secondary N) is 1. The first-order chi connectivity index (χ1) is 20.8. The first-order valence-corrected chi connectivity index (χ1v) is 17.1. The van der Waals surface area contributed by atoms with E-state index in [-0.39, 0.29) is 40.8 Å². The molecule has 2 heterocycles. The fraction of sp³-hybridized carbons (Fsp3) is 0.444. The summed E-state index contributed by atoms with van der Waals surface area (Å²) in [5.41, 5.74) is 1.16. The zero-order chi connectivity index (χ0) is 32.2. The van der Waals surface area contributed by atoms with E-state index >= 15 is 0 Å². The van der Waals surface area contributed by atoms with Gasteiger partial charge in [-0.05, 0) is 50.7 Å². The average molecular weight is 667 g/mol. The number of rotatable bonds is 11. The highest BCUT2D eigenvalue weighted by Gasteiger charge is 2.30. The fourth-order valence-corrected chi connectivity index (χ4v) is 8.26. The number of anilines is 1. The van der Waals surface area contributed by atoms with Crippen LogP contribution in [0, 0.1) is 16.0 Å². The van der Waals surface area contributed by atoms with Gasteiger partial charge >= 0.3 is 11.9 Å². The van der Waals surface area contributed by atoms with E-state index < -0.39 is 50.0 Å². The number of carbonyl (C=O) groups excluding carboxylic acids is 4. The fourth-order valence-electron chi connectivity index (χ4n) is 4.75. The molecule has 44 heavy (non-hydrogen) atoms. The van der Waals surface area contributed by atoms with Gasteiger partial charge in [0.15, 0.2) is 14.6 Å². The number of nitro groups is 1. The Labute approximate surface area is 259 Å². The summed E-state index contributed by atoms with van der Waals surface area (Å²) in [6.07, 6.45) is 2.21. The van der Waals surface area contributed by atoms with Crippen molar-refractivity contribution in [2.24, 2.45) is 10.9 Å². The normalized spacial score (nSPS) is 15.1. The second-order valence-corrected chi connectivity index (χ2v) is 14.2. The van der Waals surface area contributed by atoms with Gasteiger partial charge < -0.3 is 19.4 Å². The van der Waals surface area contributed by atoms with Crippen molar-refractivity contribution < 1.29 is 42.0 Å². The van der Waals surface area contributed by atoms with Crippen LogP contribution in [0.3, 0.4) is 0 Å². The van der Waals surface area contributed by atoms with Gasteiger partial charge in [-0.3, -0.25) is 24.5 Å². The molecule has 2 amide bonds. The zero-order valence-electron chi connectivity index (χ0n) is 24.1. The van der Waals surface area contributed by atoms with Crippen molar-refractivity contribution in [1.29, 1.82) is 0 Å². The molecule has 0 saturated carbocycles. The molecule has 0 spiro atoms. The SMILES string of the molecule is CCOC(=O)Cn1c(=NC(=O)CS(=O)(=O)CC(=O)Nc2sc3c(c2C(=O)OCC)CCC(C)C3)sc2cc([N+](=O)[O-])ccc21. The Hall–Kier alpha value is -3.96. The van der Waals surface area contributed by atoms with Crippen LogP contribution in [-0.4, -0.2) is 66.4 Å². The quantitative estimate of drug-likeness (QED) is 0.181. The van der Waals surface area contributed by atoms with Crippen molar-refractivity contribution in [1.82, 2.24) is 4.57 Å². The standard InChI is InChI=1S/C27H30N4O10S3/c1-4-40-23(34)12-30-18-9-7-16(31(36)37)11-20(18)43-27(30)29-22(33)14-44(38,39)13-21(32)28-25-24(26(35)41-5-2)17-8-6-15(3)10-19(17)42-25/h7,9,11,15H,4-6,8,10,12-14H2,1-3H3,(H,28,32). The van der Waals surface area contributed by atoms with Crippen molar-refractivity contribution in [3.05, 3.63) is 49.1 Å². The van der Waals surface area contributed by atoms with Gasteiger partial charge in [0, 0.05) is 17.0 Å². The highest BCUT2D eigenvalue weighted by molar-refractivity contribution is 7.92. The summed E-state index contributed by atoms with van der Waals surface area (Å²) in [6.45, 7) is 5.20. The van der Waals surface area contributed by atoms with Gasteiger partial charge in [0.05, 0.1) is 33.9 Å². The molecule has 1 aliphatic carbocycles. The van der Waals surface area contributed by atoms with Crippen molar-refractivity contribution in [2.45, 2.75) is 46.6 Å². The lowest BCUT2D eigenvalue weighted by Crippen LogP contribution is -2.29. The van der Waals surface area contributed by atoms with Crippen LogP contribution in [0.4, 0.5) is 10.7 Å². The third kappa shape index (κ3) is 7.75. The maximum Gasteiger partial charge on any atom is 0.341 e. The maximum atomic E-state index is 12.8. The molecular formula is C27H30N4O10S3. The molecule has 0 saturated heterocycles. The number of carbonyl (C=O) groups is 4. The van der Waals surface area contributed by atoms with Gasteiger partial charge in [0.2, 0.25) is 5.91 Å². The molecule has 1 atom stereocenters. The maximum absolute atomic E-state index is 12.8. The van der Waals surface area contributed by atoms with Gasteiger partial charge in [-0.25, -0.2) is 13.2 Å². The van der Waals surface area contributed by atoms with Crippen LogP contribution in [0.1, 0.15) is 48.0 Å². The van der Waals surface area contributed by atoms with Crippen LogP contribution in [0.5, 0.6) is 0 Å². The second-order valence-electron chi connectivity index (χ2n) is 10.0. The Balaban J connectivity index is 1.55. The number of hydrogen-bond acceptors (Lipinski definition) is 12. The molecule has 1 aromatic carbocycles. The van der Waals surface area contributed by atoms with Gasteiger partial charge in [0.1, 0.15) is 23.1 Å². The van der Waals surface area contributed by atoms with Crippen LogP contribution < -0.4 is 10.1 Å². The lowest BCUT2D eigenvalue weighted by molar-refractivity contribution is -0.384. The molecule has 17 heteroatoms. The summed E-state index contributed by atoms with van der Waals surface area (Å²) < 4.78 is 37.5. The molecule has 14 nitrogen and oxygen atoms in total. The first kappa shape index (κ1) is 32.9. The van der Waals surface area contributed by atoms with E-state index in [4.69, 9.17) is 9.47 Å². The smallest absolute Gasteiger partial charge is 0.341 e. The van der Waals surface area contributed by atoms with Gasteiger partial charge in [-0.1, -0.05) is 18.3 Å². The lowest BCUT2D eigenvalue weighted by atomic mass is 9.88. The number of amides is 2. The second kappa shape index (κ2) is 13.8. The Morgan fingerprint density at radius 1 is 1.14 bits per heavy atom. The number of thiophene rings is 1. The number of sulfone groups is 1. The Morgan fingerprint density at radius 2 is 1.86 bits per heavy atom. The number of thiazole rings is 1. The zero-order valence-corrected chi connectivity index (χ0v) is 26.6. The van der Waals surface area contributed by atoms with Gasteiger partial charge in [0.25, 0.3) is 11.6 Å². The summed E-state index contributed by atoms with van der Waals surface area (Å²) in [7, 11) is -4.32. The molecule has 4 rings (SSSR count). The molecule has 0 fully saturated rings. The molecule has 0 bridgehead atoms. The van der Waals surface area contributed by atoms with Gasteiger partial charge in [-0.15, -0.1) is 11.3 Å². The summed E-state index contributed by atoms with van der Waals surface area (Å²) in [6, 6.07) is 3.87. The summed E-state index contributed by atoms with van der Waals surface area (Å²) in [4.78, 5) is 65.9. The van der Waals surface area contributed by atoms with E-state index in [0.29, 0.717) is 22.6 Å². The number of esters is 2. The summed E-state index contributed by atoms with van der Waals surface area (Å²) >= 11 is 2.06. The molecule has 3 aromatic rings. The lowest BCUT2D eigenvalue weighted by Gasteiger charge is -2.18. The van der Waals surface area contributed by atoms with Crippen molar-refractivity contribution >= 4 is 77.2 Å². The molecule has 1 unspecified atom stereocenters. The predicted molar refractivity (Wildman–Crippen MR) is 162 cm³/mol. The van der Waals surface area contributed by atoms with E-state index in [1.165, 1.54) is 34.1 Å². The average Bonchev–Trinajstić information content (AvgIpc) is 3.44. The van der Waals surface area contributed by atoms with Gasteiger partial charge in [-0.2, -0.15) is 4.99 Å². The third-order valence-corrected chi connectivity index (χ3v) is 10.2. The number of non-ortho nitro benzene ring substituents is 1. The Bertz CT molecular complexity index is 1820. The minimum absolute atomic E-state index is 0.0734. The topological polar surface area (TPSA) is 193 Å². The minimum Gasteiger partial charge on any atom is -0.465 e. The van der Waals surface area contributed by atoms with Crippen LogP contribution in [-0.2, 0) is 53.1 Å². The van der Waals surface area contributed by atoms with Crippen LogP contribution in [0.15, 0.2) is 23.2 Å². The summed E-state index contributed by atoms with van der Waals surface area (Å²) in [5, 5.41) is 13.9. The van der Waals surface area contributed by atoms with Crippen LogP contribution >= 0.6 is 22.7 Å². The molecule has 0 radical (unpaired) electrons. The molecule has 0 aliphatic heterocycles.